The monoisotopic (exact) mass is 287 g/mol. The van der Waals surface area contributed by atoms with Crippen molar-refractivity contribution in [1.29, 1.82) is 5.26 Å². The van der Waals surface area contributed by atoms with Crippen LogP contribution in [0.25, 0.3) is 0 Å². The molecular formula is C16H14FNO3. The van der Waals surface area contributed by atoms with E-state index < -0.39 is 5.82 Å². The van der Waals surface area contributed by atoms with Crippen molar-refractivity contribution in [2.75, 3.05) is 7.11 Å². The third-order valence-corrected chi connectivity index (χ3v) is 2.98. The molecule has 2 aromatic carbocycles. The molecule has 108 valence electrons. The van der Waals surface area contributed by atoms with Crippen LogP contribution in [0.4, 0.5) is 4.39 Å². The van der Waals surface area contributed by atoms with E-state index in [4.69, 9.17) is 19.8 Å². The Kier molecular flexibility index (Phi) is 4.75. The number of nitriles is 1. The van der Waals surface area contributed by atoms with Gasteiger partial charge in [-0.3, -0.25) is 0 Å². The van der Waals surface area contributed by atoms with E-state index in [-0.39, 0.29) is 18.8 Å². The van der Waals surface area contributed by atoms with Gasteiger partial charge in [-0.05, 0) is 29.8 Å². The highest BCUT2D eigenvalue weighted by Crippen LogP contribution is 2.29. The summed E-state index contributed by atoms with van der Waals surface area (Å²) in [4.78, 5) is 0. The molecule has 21 heavy (non-hydrogen) atoms. The highest BCUT2D eigenvalue weighted by atomic mass is 19.1. The van der Waals surface area contributed by atoms with E-state index in [9.17, 15) is 4.39 Å². The lowest BCUT2D eigenvalue weighted by molar-refractivity contribution is 0.269. The molecule has 0 aromatic heterocycles. The molecule has 0 radical (unpaired) electrons. The summed E-state index contributed by atoms with van der Waals surface area (Å²) in [5.74, 6) is 0.431. The maximum atomic E-state index is 13.8. The van der Waals surface area contributed by atoms with E-state index in [2.05, 4.69) is 0 Å². The van der Waals surface area contributed by atoms with E-state index in [0.29, 0.717) is 22.6 Å². The topological polar surface area (TPSA) is 62.5 Å². The average molecular weight is 287 g/mol. The fourth-order valence-electron chi connectivity index (χ4n) is 1.82. The van der Waals surface area contributed by atoms with E-state index in [1.54, 1.807) is 18.2 Å². The van der Waals surface area contributed by atoms with Gasteiger partial charge in [-0.25, -0.2) is 4.39 Å². The van der Waals surface area contributed by atoms with Crippen molar-refractivity contribution in [2.24, 2.45) is 0 Å². The molecule has 0 amide bonds. The van der Waals surface area contributed by atoms with Gasteiger partial charge in [0, 0.05) is 5.56 Å². The van der Waals surface area contributed by atoms with Crippen LogP contribution in [0.5, 0.6) is 11.5 Å². The smallest absolute Gasteiger partial charge is 0.162 e. The molecule has 0 atom stereocenters. The molecule has 0 aliphatic heterocycles. The number of aliphatic hydroxyl groups is 1. The van der Waals surface area contributed by atoms with Gasteiger partial charge < -0.3 is 14.6 Å². The third-order valence-electron chi connectivity index (χ3n) is 2.98. The molecule has 0 aliphatic carbocycles. The molecule has 1 N–H and O–H groups in total. The zero-order chi connectivity index (χ0) is 15.2. The highest BCUT2D eigenvalue weighted by Gasteiger charge is 2.09. The second-order valence-electron chi connectivity index (χ2n) is 4.35. The molecule has 0 aliphatic rings. The molecule has 0 spiro atoms. The van der Waals surface area contributed by atoms with Crippen molar-refractivity contribution < 1.29 is 19.0 Å². The predicted octanol–water partition coefficient (Wildman–Crippen LogP) is 2.78. The molecule has 4 nitrogen and oxygen atoms in total. The number of rotatable bonds is 5. The highest BCUT2D eigenvalue weighted by molar-refractivity contribution is 5.43. The Morgan fingerprint density at radius 3 is 2.62 bits per heavy atom. The second kappa shape index (κ2) is 6.73. The van der Waals surface area contributed by atoms with Gasteiger partial charge in [0.1, 0.15) is 12.4 Å². The summed E-state index contributed by atoms with van der Waals surface area (Å²) in [7, 11) is 1.50. The van der Waals surface area contributed by atoms with Crippen molar-refractivity contribution in [3.05, 3.63) is 58.9 Å². The minimum absolute atomic E-state index is 0.00276. The Morgan fingerprint density at radius 2 is 2.00 bits per heavy atom. The number of halogens is 1. The predicted molar refractivity (Wildman–Crippen MR) is 74.4 cm³/mol. The van der Waals surface area contributed by atoms with E-state index in [1.807, 2.05) is 6.07 Å². The zero-order valence-corrected chi connectivity index (χ0v) is 11.5. The molecule has 2 rings (SSSR count). The van der Waals surface area contributed by atoms with E-state index >= 15 is 0 Å². The molecular weight excluding hydrogens is 273 g/mol. The number of nitrogens with zero attached hydrogens (tertiary/aromatic N) is 1. The second-order valence-corrected chi connectivity index (χ2v) is 4.35. The van der Waals surface area contributed by atoms with Crippen LogP contribution in [0, 0.1) is 17.1 Å². The van der Waals surface area contributed by atoms with Crippen LogP contribution >= 0.6 is 0 Å². The minimum atomic E-state index is -0.494. The first-order valence-electron chi connectivity index (χ1n) is 6.27. The summed E-state index contributed by atoms with van der Waals surface area (Å²) < 4.78 is 24.5. The maximum Gasteiger partial charge on any atom is 0.162 e. The average Bonchev–Trinajstić information content (AvgIpc) is 2.53. The van der Waals surface area contributed by atoms with Crippen molar-refractivity contribution in [3.63, 3.8) is 0 Å². The molecule has 2 aromatic rings. The SMILES string of the molecule is COc1ccc(CO)cc1OCc1ccc(C#N)cc1F. The number of hydrogen-bond acceptors (Lipinski definition) is 4. The lowest BCUT2D eigenvalue weighted by Crippen LogP contribution is -2.01. The van der Waals surface area contributed by atoms with Gasteiger partial charge in [0.25, 0.3) is 0 Å². The van der Waals surface area contributed by atoms with Gasteiger partial charge in [0.05, 0.1) is 25.3 Å². The molecule has 5 heteroatoms. The van der Waals surface area contributed by atoms with E-state index in [0.717, 1.165) is 0 Å². The summed E-state index contributed by atoms with van der Waals surface area (Å²) >= 11 is 0. The van der Waals surface area contributed by atoms with Gasteiger partial charge in [-0.2, -0.15) is 5.26 Å². The van der Waals surface area contributed by atoms with E-state index in [1.165, 1.54) is 25.3 Å². The van der Waals surface area contributed by atoms with Crippen molar-refractivity contribution in [2.45, 2.75) is 13.2 Å². The fourth-order valence-corrected chi connectivity index (χ4v) is 1.82. The number of hydrogen-bond donors (Lipinski definition) is 1. The fraction of sp³-hybridized carbons (Fsp3) is 0.188. The van der Waals surface area contributed by atoms with Gasteiger partial charge in [-0.15, -0.1) is 0 Å². The number of ether oxygens (including phenoxy) is 2. The van der Waals surface area contributed by atoms with Crippen LogP contribution in [-0.4, -0.2) is 12.2 Å². The Balaban J connectivity index is 2.18. The van der Waals surface area contributed by atoms with Gasteiger partial charge in [0.15, 0.2) is 11.5 Å². The molecule has 0 saturated heterocycles. The van der Waals surface area contributed by atoms with Gasteiger partial charge in [0.2, 0.25) is 0 Å². The molecule has 0 unspecified atom stereocenters. The normalized spacial score (nSPS) is 10.0. The largest absolute Gasteiger partial charge is 0.493 e. The van der Waals surface area contributed by atoms with Crippen LogP contribution in [-0.2, 0) is 13.2 Å². The Morgan fingerprint density at radius 1 is 1.19 bits per heavy atom. The van der Waals surface area contributed by atoms with Crippen LogP contribution in [0.3, 0.4) is 0 Å². The maximum absolute atomic E-state index is 13.8. The third kappa shape index (κ3) is 3.50. The zero-order valence-electron chi connectivity index (χ0n) is 11.5. The molecule has 0 fully saturated rings. The quantitative estimate of drug-likeness (QED) is 0.918. The van der Waals surface area contributed by atoms with Gasteiger partial charge in [-0.1, -0.05) is 12.1 Å². The number of aliphatic hydroxyl groups excluding tert-OH is 1. The van der Waals surface area contributed by atoms with Crippen LogP contribution in [0.15, 0.2) is 36.4 Å². The summed E-state index contributed by atoms with van der Waals surface area (Å²) in [5.41, 5.74) is 1.27. The lowest BCUT2D eigenvalue weighted by atomic mass is 10.1. The summed E-state index contributed by atoms with van der Waals surface area (Å²) in [5, 5.41) is 17.8. The van der Waals surface area contributed by atoms with Crippen LogP contribution < -0.4 is 9.47 Å². The number of benzene rings is 2. The lowest BCUT2D eigenvalue weighted by Gasteiger charge is -2.12. The minimum Gasteiger partial charge on any atom is -0.493 e. The summed E-state index contributed by atoms with van der Waals surface area (Å²) in [6.45, 7) is -0.117. The van der Waals surface area contributed by atoms with Crippen LogP contribution in [0.1, 0.15) is 16.7 Å². The Bertz CT molecular complexity index is 680. The van der Waals surface area contributed by atoms with Crippen LogP contribution in [0.2, 0.25) is 0 Å². The first-order valence-corrected chi connectivity index (χ1v) is 6.27. The molecule has 0 saturated carbocycles. The number of methoxy groups -OCH3 is 1. The Labute approximate surface area is 122 Å². The van der Waals surface area contributed by atoms with Crippen molar-refractivity contribution >= 4 is 0 Å². The molecule has 0 bridgehead atoms. The first kappa shape index (κ1) is 14.8. The standard InChI is InChI=1S/C16H14FNO3/c1-20-15-5-3-12(9-19)7-16(15)21-10-13-4-2-11(8-18)6-14(13)17/h2-7,19H,9-10H2,1H3. The first-order chi connectivity index (χ1) is 10.2. The van der Waals surface area contributed by atoms with Gasteiger partial charge >= 0.3 is 0 Å². The summed E-state index contributed by atoms with van der Waals surface area (Å²) in [6.07, 6.45) is 0. The summed E-state index contributed by atoms with van der Waals surface area (Å²) in [6, 6.07) is 11.1. The Hall–Kier alpha value is -2.58. The van der Waals surface area contributed by atoms with Crippen molar-refractivity contribution in [3.8, 4) is 17.6 Å². The van der Waals surface area contributed by atoms with Crippen molar-refractivity contribution in [1.82, 2.24) is 0 Å². The molecule has 0 heterocycles.